The number of aromatic nitrogens is 6. The van der Waals surface area contributed by atoms with Crippen LogP contribution in [0.4, 0.5) is 24.7 Å². The largest absolute Gasteiger partial charge is 0.453 e. The normalized spacial score (nSPS) is 16.1. The first-order valence-corrected chi connectivity index (χ1v) is 8.80. The van der Waals surface area contributed by atoms with Crippen molar-refractivity contribution in [1.82, 2.24) is 34.5 Å². The fraction of sp³-hybridized carbons (Fsp3) is 0.500. The van der Waals surface area contributed by atoms with Crippen LogP contribution in [0.2, 0.25) is 0 Å². The molecule has 0 bridgehead atoms. The summed E-state index contributed by atoms with van der Waals surface area (Å²) in [5.41, 5.74) is 0.687. The van der Waals surface area contributed by atoms with Crippen molar-refractivity contribution >= 4 is 17.2 Å². The number of fused-ring (bicyclic) bond motifs is 1. The molecule has 0 amide bonds. The third-order valence-electron chi connectivity index (χ3n) is 4.52. The minimum absolute atomic E-state index is 0.0325. The Balaban J connectivity index is 1.44. The van der Waals surface area contributed by atoms with E-state index >= 15 is 0 Å². The highest BCUT2D eigenvalue weighted by molar-refractivity contribution is 5.55. The van der Waals surface area contributed by atoms with E-state index < -0.39 is 12.0 Å². The summed E-state index contributed by atoms with van der Waals surface area (Å²) in [6.45, 7) is 3.94. The van der Waals surface area contributed by atoms with Gasteiger partial charge in [0.05, 0.1) is 18.4 Å². The van der Waals surface area contributed by atoms with Crippen molar-refractivity contribution in [3.63, 3.8) is 0 Å². The Labute approximate surface area is 153 Å². The van der Waals surface area contributed by atoms with Gasteiger partial charge in [-0.2, -0.15) is 22.8 Å². The van der Waals surface area contributed by atoms with Gasteiger partial charge < -0.3 is 10.2 Å². The molecule has 27 heavy (non-hydrogen) atoms. The predicted octanol–water partition coefficient (Wildman–Crippen LogP) is 2.57. The van der Waals surface area contributed by atoms with Gasteiger partial charge in [-0.1, -0.05) is 6.42 Å². The number of nitrogens with zero attached hydrogens (tertiary/aromatic N) is 7. The molecule has 0 aliphatic carbocycles. The van der Waals surface area contributed by atoms with Crippen LogP contribution in [-0.4, -0.2) is 54.1 Å². The molecule has 0 aromatic carbocycles. The Hall–Kier alpha value is -2.69. The van der Waals surface area contributed by atoms with Crippen molar-refractivity contribution in [1.29, 1.82) is 0 Å². The molecule has 0 saturated carbocycles. The SMILES string of the molecule is FC(F)(F)c1nnc2ccc(Nc3cnn(CCN4CCCCC4)c3)nn12. The average molecular weight is 380 g/mol. The van der Waals surface area contributed by atoms with E-state index in [4.69, 9.17) is 0 Å². The van der Waals surface area contributed by atoms with Crippen molar-refractivity contribution in [2.24, 2.45) is 0 Å². The second-order valence-electron chi connectivity index (χ2n) is 6.53. The molecule has 1 N–H and O–H groups in total. The van der Waals surface area contributed by atoms with Crippen molar-refractivity contribution in [3.8, 4) is 0 Å². The lowest BCUT2D eigenvalue weighted by Gasteiger charge is -2.26. The minimum Gasteiger partial charge on any atom is -0.336 e. The van der Waals surface area contributed by atoms with E-state index in [0.717, 1.165) is 26.2 Å². The highest BCUT2D eigenvalue weighted by Crippen LogP contribution is 2.27. The van der Waals surface area contributed by atoms with Gasteiger partial charge in [-0.25, -0.2) is 0 Å². The first kappa shape index (κ1) is 17.7. The summed E-state index contributed by atoms with van der Waals surface area (Å²) >= 11 is 0. The monoisotopic (exact) mass is 380 g/mol. The third-order valence-corrected chi connectivity index (χ3v) is 4.52. The van der Waals surface area contributed by atoms with E-state index in [1.54, 1.807) is 12.3 Å². The number of rotatable bonds is 5. The molecule has 4 heterocycles. The maximum Gasteiger partial charge on any atom is 0.453 e. The van der Waals surface area contributed by atoms with Crippen LogP contribution in [0, 0.1) is 0 Å². The van der Waals surface area contributed by atoms with Gasteiger partial charge >= 0.3 is 6.18 Å². The Bertz CT molecular complexity index is 910. The molecule has 1 fully saturated rings. The molecule has 1 aliphatic rings. The highest BCUT2D eigenvalue weighted by Gasteiger charge is 2.37. The number of halogens is 3. The Morgan fingerprint density at radius 2 is 1.85 bits per heavy atom. The number of alkyl halides is 3. The first-order valence-electron chi connectivity index (χ1n) is 8.80. The van der Waals surface area contributed by atoms with Crippen LogP contribution < -0.4 is 5.32 Å². The van der Waals surface area contributed by atoms with Crippen molar-refractivity contribution in [2.75, 3.05) is 25.0 Å². The average Bonchev–Trinajstić information content (AvgIpc) is 3.27. The summed E-state index contributed by atoms with van der Waals surface area (Å²) in [5.74, 6) is -0.901. The molecule has 1 aliphatic heterocycles. The van der Waals surface area contributed by atoms with Crippen LogP contribution in [0.5, 0.6) is 0 Å². The lowest BCUT2D eigenvalue weighted by molar-refractivity contribution is -0.146. The molecule has 144 valence electrons. The number of anilines is 2. The molecule has 3 aromatic heterocycles. The Morgan fingerprint density at radius 1 is 1.04 bits per heavy atom. The standard InChI is InChI=1S/C16H19F3N8/c17-16(18,19)15-23-22-14-5-4-13(24-27(14)15)21-12-10-20-26(11-12)9-8-25-6-2-1-3-7-25/h4-5,10-11H,1-3,6-9H2,(H,21,24). The summed E-state index contributed by atoms with van der Waals surface area (Å²) in [4.78, 5) is 2.42. The van der Waals surface area contributed by atoms with Gasteiger partial charge in [0, 0.05) is 12.7 Å². The molecule has 4 rings (SSSR count). The zero-order valence-electron chi connectivity index (χ0n) is 14.5. The van der Waals surface area contributed by atoms with Gasteiger partial charge in [0.1, 0.15) is 0 Å². The molecule has 11 heteroatoms. The minimum atomic E-state index is -4.62. The summed E-state index contributed by atoms with van der Waals surface area (Å²) in [6.07, 6.45) is 2.59. The van der Waals surface area contributed by atoms with Crippen LogP contribution in [-0.2, 0) is 12.7 Å². The Kier molecular flexibility index (Phi) is 4.68. The summed E-state index contributed by atoms with van der Waals surface area (Å²) in [6, 6.07) is 2.98. The molecular weight excluding hydrogens is 361 g/mol. The van der Waals surface area contributed by atoms with Crippen molar-refractivity contribution in [2.45, 2.75) is 32.0 Å². The quantitative estimate of drug-likeness (QED) is 0.733. The topological polar surface area (TPSA) is 76.2 Å². The first-order chi connectivity index (χ1) is 13.0. The van der Waals surface area contributed by atoms with E-state index in [1.165, 1.54) is 25.3 Å². The van der Waals surface area contributed by atoms with E-state index in [9.17, 15) is 13.2 Å². The molecule has 0 atom stereocenters. The van der Waals surface area contributed by atoms with E-state index in [2.05, 4.69) is 30.6 Å². The zero-order valence-corrected chi connectivity index (χ0v) is 14.5. The third kappa shape index (κ3) is 4.02. The number of piperidine rings is 1. The van der Waals surface area contributed by atoms with Crippen LogP contribution in [0.15, 0.2) is 24.5 Å². The van der Waals surface area contributed by atoms with Gasteiger partial charge in [-0.15, -0.1) is 15.3 Å². The maximum atomic E-state index is 13.0. The van der Waals surface area contributed by atoms with Crippen molar-refractivity contribution in [3.05, 3.63) is 30.4 Å². The van der Waals surface area contributed by atoms with Crippen molar-refractivity contribution < 1.29 is 13.2 Å². The number of likely N-dealkylation sites (tertiary alicyclic amines) is 1. The molecule has 0 radical (unpaired) electrons. The van der Waals surface area contributed by atoms with Gasteiger partial charge in [0.2, 0.25) is 0 Å². The fourth-order valence-electron chi connectivity index (χ4n) is 3.16. The number of hydrogen-bond acceptors (Lipinski definition) is 6. The van der Waals surface area contributed by atoms with Gasteiger partial charge in [0.25, 0.3) is 5.82 Å². The molecule has 3 aromatic rings. The fourth-order valence-corrected chi connectivity index (χ4v) is 3.16. The van der Waals surface area contributed by atoms with Gasteiger partial charge in [0.15, 0.2) is 11.5 Å². The maximum absolute atomic E-state index is 13.0. The van der Waals surface area contributed by atoms with Crippen LogP contribution in [0.3, 0.4) is 0 Å². The molecule has 0 unspecified atom stereocenters. The smallest absolute Gasteiger partial charge is 0.336 e. The lowest BCUT2D eigenvalue weighted by Crippen LogP contribution is -2.32. The van der Waals surface area contributed by atoms with Crippen LogP contribution in [0.25, 0.3) is 5.65 Å². The highest BCUT2D eigenvalue weighted by atomic mass is 19.4. The zero-order chi connectivity index (χ0) is 18.9. The number of nitrogens with one attached hydrogen (secondary N) is 1. The molecule has 8 nitrogen and oxygen atoms in total. The van der Waals surface area contributed by atoms with E-state index in [-0.39, 0.29) is 11.5 Å². The van der Waals surface area contributed by atoms with E-state index in [1.807, 2.05) is 10.9 Å². The Morgan fingerprint density at radius 3 is 2.63 bits per heavy atom. The van der Waals surface area contributed by atoms with Crippen LogP contribution >= 0.6 is 0 Å². The molecule has 1 saturated heterocycles. The summed E-state index contributed by atoms with van der Waals surface area (Å²) in [5, 5.41) is 17.9. The van der Waals surface area contributed by atoms with Crippen LogP contribution in [0.1, 0.15) is 25.1 Å². The predicted molar refractivity (Wildman–Crippen MR) is 91.6 cm³/mol. The number of hydrogen-bond donors (Lipinski definition) is 1. The molecular formula is C16H19F3N8. The summed E-state index contributed by atoms with van der Waals surface area (Å²) in [7, 11) is 0. The van der Waals surface area contributed by atoms with Gasteiger partial charge in [-0.05, 0) is 38.1 Å². The second kappa shape index (κ2) is 7.14. The molecule has 0 spiro atoms. The lowest BCUT2D eigenvalue weighted by atomic mass is 10.1. The second-order valence-corrected chi connectivity index (χ2v) is 6.53. The van der Waals surface area contributed by atoms with Gasteiger partial charge in [-0.3, -0.25) is 4.68 Å². The summed E-state index contributed by atoms with van der Waals surface area (Å²) < 4.78 is 41.3. The van der Waals surface area contributed by atoms with E-state index in [0.29, 0.717) is 10.2 Å².